The van der Waals surface area contributed by atoms with E-state index in [0.29, 0.717) is 11.3 Å². The van der Waals surface area contributed by atoms with E-state index in [1.807, 2.05) is 0 Å². The highest BCUT2D eigenvalue weighted by Gasteiger charge is 2.05. The van der Waals surface area contributed by atoms with E-state index in [9.17, 15) is 9.50 Å². The van der Waals surface area contributed by atoms with Gasteiger partial charge in [0.25, 0.3) is 0 Å². The molecule has 1 aromatic rings. The minimum absolute atomic E-state index is 0.165. The van der Waals surface area contributed by atoms with Gasteiger partial charge < -0.3 is 9.84 Å². The molecule has 0 bridgehead atoms. The van der Waals surface area contributed by atoms with Gasteiger partial charge in [-0.25, -0.2) is 4.39 Å². The standard InChI is InChI=1S/C9H9FO2/c1-6(12-2)8-4-3-7(10)5-9(8)11/h3-5,11H,1H2,2H3. The molecule has 0 spiro atoms. The summed E-state index contributed by atoms with van der Waals surface area (Å²) in [5.74, 6) is -0.338. The predicted molar refractivity (Wildman–Crippen MR) is 44.1 cm³/mol. The monoisotopic (exact) mass is 168 g/mol. The summed E-state index contributed by atoms with van der Waals surface area (Å²) in [4.78, 5) is 0. The van der Waals surface area contributed by atoms with Crippen molar-refractivity contribution in [1.29, 1.82) is 0 Å². The van der Waals surface area contributed by atoms with Crippen molar-refractivity contribution in [2.45, 2.75) is 0 Å². The van der Waals surface area contributed by atoms with E-state index >= 15 is 0 Å². The van der Waals surface area contributed by atoms with E-state index in [4.69, 9.17) is 4.74 Å². The highest BCUT2D eigenvalue weighted by Crippen LogP contribution is 2.24. The van der Waals surface area contributed by atoms with Crippen LogP contribution in [0.5, 0.6) is 5.75 Å². The van der Waals surface area contributed by atoms with Crippen LogP contribution in [-0.2, 0) is 4.74 Å². The van der Waals surface area contributed by atoms with Gasteiger partial charge in [0.1, 0.15) is 17.3 Å². The van der Waals surface area contributed by atoms with Crippen molar-refractivity contribution >= 4 is 5.76 Å². The fraction of sp³-hybridized carbons (Fsp3) is 0.111. The Labute approximate surface area is 69.9 Å². The summed E-state index contributed by atoms with van der Waals surface area (Å²) >= 11 is 0. The molecule has 0 aliphatic carbocycles. The summed E-state index contributed by atoms with van der Waals surface area (Å²) in [5.41, 5.74) is 0.402. The summed E-state index contributed by atoms with van der Waals surface area (Å²) in [6, 6.07) is 3.66. The highest BCUT2D eigenvalue weighted by molar-refractivity contribution is 5.63. The lowest BCUT2D eigenvalue weighted by Crippen LogP contribution is -1.86. The predicted octanol–water partition coefficient (Wildman–Crippen LogP) is 2.15. The van der Waals surface area contributed by atoms with Gasteiger partial charge in [0.05, 0.1) is 12.7 Å². The van der Waals surface area contributed by atoms with Crippen molar-refractivity contribution in [3.8, 4) is 5.75 Å². The molecule has 0 saturated heterocycles. The van der Waals surface area contributed by atoms with Crippen LogP contribution in [-0.4, -0.2) is 12.2 Å². The van der Waals surface area contributed by atoms with Crippen LogP contribution >= 0.6 is 0 Å². The van der Waals surface area contributed by atoms with Gasteiger partial charge in [-0.2, -0.15) is 0 Å². The first-order valence-corrected chi connectivity index (χ1v) is 3.37. The smallest absolute Gasteiger partial charge is 0.129 e. The van der Waals surface area contributed by atoms with Crippen LogP contribution < -0.4 is 0 Å². The highest BCUT2D eigenvalue weighted by atomic mass is 19.1. The molecule has 3 heteroatoms. The molecule has 0 heterocycles. The van der Waals surface area contributed by atoms with Crippen LogP contribution in [0.4, 0.5) is 4.39 Å². The van der Waals surface area contributed by atoms with Crippen LogP contribution in [0.15, 0.2) is 24.8 Å². The van der Waals surface area contributed by atoms with Gasteiger partial charge in [-0.05, 0) is 12.1 Å². The molecule has 0 aliphatic heterocycles. The van der Waals surface area contributed by atoms with Gasteiger partial charge >= 0.3 is 0 Å². The third-order valence-electron chi connectivity index (χ3n) is 1.51. The molecule has 0 atom stereocenters. The molecule has 0 saturated carbocycles. The molecular formula is C9H9FO2. The number of phenolic OH excluding ortho intramolecular Hbond substituents is 1. The van der Waals surface area contributed by atoms with E-state index in [-0.39, 0.29) is 5.75 Å². The Balaban J connectivity index is 3.09. The maximum atomic E-state index is 12.5. The largest absolute Gasteiger partial charge is 0.507 e. The number of hydrogen-bond donors (Lipinski definition) is 1. The second-order valence-corrected chi connectivity index (χ2v) is 2.29. The first-order chi connectivity index (χ1) is 5.65. The Hall–Kier alpha value is -1.51. The van der Waals surface area contributed by atoms with E-state index in [2.05, 4.69) is 6.58 Å². The average molecular weight is 168 g/mol. The third-order valence-corrected chi connectivity index (χ3v) is 1.51. The number of ether oxygens (including phenoxy) is 1. The topological polar surface area (TPSA) is 29.5 Å². The SMILES string of the molecule is C=C(OC)c1ccc(F)cc1O. The number of benzene rings is 1. The molecule has 0 radical (unpaired) electrons. The Morgan fingerprint density at radius 2 is 2.25 bits per heavy atom. The zero-order chi connectivity index (χ0) is 9.14. The lowest BCUT2D eigenvalue weighted by Gasteiger charge is -2.05. The molecular weight excluding hydrogens is 159 g/mol. The first kappa shape index (κ1) is 8.59. The number of aromatic hydroxyl groups is 1. The second-order valence-electron chi connectivity index (χ2n) is 2.29. The van der Waals surface area contributed by atoms with Crippen LogP contribution in [0.2, 0.25) is 0 Å². The minimum Gasteiger partial charge on any atom is -0.507 e. The fourth-order valence-corrected chi connectivity index (χ4v) is 0.851. The van der Waals surface area contributed by atoms with Crippen molar-refractivity contribution in [3.05, 3.63) is 36.2 Å². The maximum Gasteiger partial charge on any atom is 0.129 e. The Morgan fingerprint density at radius 3 is 2.75 bits per heavy atom. The Morgan fingerprint density at radius 1 is 1.58 bits per heavy atom. The molecule has 1 N–H and O–H groups in total. The normalized spacial score (nSPS) is 9.50. The van der Waals surface area contributed by atoms with Gasteiger partial charge in [-0.1, -0.05) is 6.58 Å². The van der Waals surface area contributed by atoms with Crippen molar-refractivity contribution in [2.75, 3.05) is 7.11 Å². The number of halogens is 1. The first-order valence-electron chi connectivity index (χ1n) is 3.37. The molecule has 0 aliphatic rings. The molecule has 1 rings (SSSR count). The Bertz CT molecular complexity index is 307. The molecule has 64 valence electrons. The van der Waals surface area contributed by atoms with Crippen molar-refractivity contribution in [2.24, 2.45) is 0 Å². The minimum atomic E-state index is -0.486. The lowest BCUT2D eigenvalue weighted by atomic mass is 10.2. The zero-order valence-corrected chi connectivity index (χ0v) is 6.67. The van der Waals surface area contributed by atoms with Crippen molar-refractivity contribution < 1.29 is 14.2 Å². The average Bonchev–Trinajstić information content (AvgIpc) is 2.03. The van der Waals surface area contributed by atoms with E-state index in [1.165, 1.54) is 19.2 Å². The molecule has 0 aromatic heterocycles. The van der Waals surface area contributed by atoms with E-state index in [0.717, 1.165) is 6.07 Å². The summed E-state index contributed by atoms with van der Waals surface area (Å²) in [6.45, 7) is 3.53. The summed E-state index contributed by atoms with van der Waals surface area (Å²) < 4.78 is 17.3. The second kappa shape index (κ2) is 3.26. The van der Waals surface area contributed by atoms with Crippen LogP contribution in [0.25, 0.3) is 5.76 Å². The number of phenols is 1. The van der Waals surface area contributed by atoms with Gasteiger partial charge in [0.2, 0.25) is 0 Å². The van der Waals surface area contributed by atoms with Crippen LogP contribution in [0, 0.1) is 5.82 Å². The van der Waals surface area contributed by atoms with Gasteiger partial charge in [-0.3, -0.25) is 0 Å². The molecule has 2 nitrogen and oxygen atoms in total. The number of hydrogen-bond acceptors (Lipinski definition) is 2. The van der Waals surface area contributed by atoms with Crippen LogP contribution in [0.3, 0.4) is 0 Å². The van der Waals surface area contributed by atoms with Crippen molar-refractivity contribution in [1.82, 2.24) is 0 Å². The van der Waals surface area contributed by atoms with E-state index < -0.39 is 5.82 Å². The summed E-state index contributed by atoms with van der Waals surface area (Å²) in [7, 11) is 1.44. The number of rotatable bonds is 2. The van der Waals surface area contributed by atoms with E-state index in [1.54, 1.807) is 0 Å². The quantitative estimate of drug-likeness (QED) is 0.685. The number of methoxy groups -OCH3 is 1. The fourth-order valence-electron chi connectivity index (χ4n) is 0.851. The molecule has 0 amide bonds. The maximum absolute atomic E-state index is 12.5. The van der Waals surface area contributed by atoms with Gasteiger partial charge in [-0.15, -0.1) is 0 Å². The van der Waals surface area contributed by atoms with Crippen molar-refractivity contribution in [3.63, 3.8) is 0 Å². The molecule has 0 fully saturated rings. The molecule has 0 unspecified atom stereocenters. The Kier molecular flexibility index (Phi) is 2.33. The molecule has 12 heavy (non-hydrogen) atoms. The third kappa shape index (κ3) is 1.56. The summed E-state index contributed by atoms with van der Waals surface area (Å²) in [6.07, 6.45) is 0. The van der Waals surface area contributed by atoms with Crippen LogP contribution in [0.1, 0.15) is 5.56 Å². The van der Waals surface area contributed by atoms with Gasteiger partial charge in [0, 0.05) is 6.07 Å². The summed E-state index contributed by atoms with van der Waals surface area (Å²) in [5, 5.41) is 9.21. The lowest BCUT2D eigenvalue weighted by molar-refractivity contribution is 0.366. The van der Waals surface area contributed by atoms with Gasteiger partial charge in [0.15, 0.2) is 0 Å². The molecule has 1 aromatic carbocycles. The zero-order valence-electron chi connectivity index (χ0n) is 6.67.